The summed E-state index contributed by atoms with van der Waals surface area (Å²) in [6.45, 7) is 12.8. The summed E-state index contributed by atoms with van der Waals surface area (Å²) in [5, 5.41) is 25.7. The maximum absolute atomic E-state index is 9.83. The highest BCUT2D eigenvalue weighted by molar-refractivity contribution is 5.13. The van der Waals surface area contributed by atoms with E-state index < -0.39 is 10.2 Å². The van der Waals surface area contributed by atoms with Gasteiger partial charge in [-0.05, 0) is 30.7 Å². The molecule has 0 aromatic heterocycles. The van der Waals surface area contributed by atoms with Crippen molar-refractivity contribution in [1.82, 2.24) is 0 Å². The van der Waals surface area contributed by atoms with Gasteiger partial charge in [0.1, 0.15) is 12.9 Å². The van der Waals surface area contributed by atoms with Gasteiger partial charge in [-0.25, -0.2) is 0 Å². The molecule has 11 nitrogen and oxygen atoms in total. The van der Waals surface area contributed by atoms with Crippen LogP contribution in [0.2, 0.25) is 0 Å². The van der Waals surface area contributed by atoms with Crippen LogP contribution >= 0.6 is 0 Å². The van der Waals surface area contributed by atoms with E-state index in [0.29, 0.717) is 13.0 Å². The third-order valence-electron chi connectivity index (χ3n) is 3.83. The molecule has 11 heteroatoms. The van der Waals surface area contributed by atoms with Gasteiger partial charge in [0.05, 0.1) is 13.2 Å². The van der Waals surface area contributed by atoms with Crippen molar-refractivity contribution in [1.29, 1.82) is 0 Å². The molecule has 2 atom stereocenters. The van der Waals surface area contributed by atoms with Crippen molar-refractivity contribution in [2.75, 3.05) is 27.6 Å². The summed E-state index contributed by atoms with van der Waals surface area (Å²) in [6.07, 6.45) is 5.45. The van der Waals surface area contributed by atoms with E-state index in [2.05, 4.69) is 28.3 Å². The summed E-state index contributed by atoms with van der Waals surface area (Å²) >= 11 is 0. The van der Waals surface area contributed by atoms with Crippen LogP contribution in [0.15, 0.2) is 30.3 Å². The lowest BCUT2D eigenvalue weighted by Crippen LogP contribution is -2.15. The number of hydrogen-bond acceptors (Lipinski definition) is 9. The van der Waals surface area contributed by atoms with E-state index in [1.807, 2.05) is 58.0 Å². The predicted molar refractivity (Wildman–Crippen MR) is 141 cm³/mol. The lowest BCUT2D eigenvalue weighted by Gasteiger charge is -2.09. The number of ether oxygens (including phenoxy) is 2. The van der Waals surface area contributed by atoms with Crippen LogP contribution in [0.1, 0.15) is 85.6 Å². The van der Waals surface area contributed by atoms with E-state index in [0.717, 1.165) is 25.7 Å². The number of rotatable bonds is 13. The Bertz CT molecular complexity index is 562. The molecule has 0 bridgehead atoms. The van der Waals surface area contributed by atoms with Crippen LogP contribution in [0.4, 0.5) is 0 Å². The first-order valence-electron chi connectivity index (χ1n) is 12.3. The molecule has 1 aromatic carbocycles. The van der Waals surface area contributed by atoms with Crippen molar-refractivity contribution in [2.24, 2.45) is 5.92 Å². The second kappa shape index (κ2) is 34.7. The van der Waals surface area contributed by atoms with Crippen molar-refractivity contribution >= 4 is 0 Å². The van der Waals surface area contributed by atoms with Gasteiger partial charge in [-0.2, -0.15) is 0 Å². The fourth-order valence-corrected chi connectivity index (χ4v) is 2.28. The molecule has 0 aliphatic carbocycles. The van der Waals surface area contributed by atoms with Crippen molar-refractivity contribution in [3.8, 4) is 0 Å². The Labute approximate surface area is 217 Å². The van der Waals surface area contributed by atoms with Gasteiger partial charge in [-0.1, -0.05) is 91.1 Å². The molecule has 0 fully saturated rings. The summed E-state index contributed by atoms with van der Waals surface area (Å²) < 4.78 is 9.03. The number of hydrogen-bond donors (Lipinski definition) is 1. The maximum atomic E-state index is 9.83. The van der Waals surface area contributed by atoms with Crippen LogP contribution < -0.4 is 0 Å². The number of aliphatic hydroxyl groups excluding tert-OH is 1. The Hall–Kier alpha value is -2.50. The Morgan fingerprint density at radius 3 is 1.72 bits per heavy atom. The largest absolute Gasteiger partial charge is 0.380 e. The standard InChI is InChI=1S/C8H10O.2C6H13NO3.C3H8.C2H6O2/c1-9-7-8-5-3-2-4-6-8;1-3-4-6(2)5-10-7(8)9;1-3-5-6(4-2)10-7(8)9;1-3-2;1-4-2-3/h2-6H,7H2,1H3;2*6H,3-5H2,1-2H3;3H2,1-2H3;3H,2H2,1H3. The van der Waals surface area contributed by atoms with Gasteiger partial charge in [0.2, 0.25) is 0 Å². The van der Waals surface area contributed by atoms with Gasteiger partial charge in [0, 0.05) is 14.2 Å². The predicted octanol–water partition coefficient (Wildman–Crippen LogP) is 6.24. The third-order valence-corrected chi connectivity index (χ3v) is 3.83. The Morgan fingerprint density at radius 2 is 1.39 bits per heavy atom. The second-order valence-corrected chi connectivity index (χ2v) is 7.60. The molecule has 1 aromatic rings. The lowest BCUT2D eigenvalue weighted by molar-refractivity contribution is -0.768. The Balaban J connectivity index is -0.000000189. The van der Waals surface area contributed by atoms with E-state index in [9.17, 15) is 20.2 Å². The molecule has 0 spiro atoms. The zero-order valence-electron chi connectivity index (χ0n) is 23.5. The Kier molecular flexibility index (Phi) is 39.2. The van der Waals surface area contributed by atoms with Gasteiger partial charge in [0.15, 0.2) is 0 Å². The van der Waals surface area contributed by atoms with Gasteiger partial charge >= 0.3 is 0 Å². The topological polar surface area (TPSA) is 143 Å². The third kappa shape index (κ3) is 41.7. The fourth-order valence-electron chi connectivity index (χ4n) is 2.28. The minimum atomic E-state index is -0.744. The van der Waals surface area contributed by atoms with Gasteiger partial charge in [0.25, 0.3) is 10.2 Å². The summed E-state index contributed by atoms with van der Waals surface area (Å²) in [7, 11) is 3.13. The summed E-state index contributed by atoms with van der Waals surface area (Å²) in [5.41, 5.74) is 1.22. The first-order chi connectivity index (χ1) is 17.1. The van der Waals surface area contributed by atoms with Crippen LogP contribution in [0.5, 0.6) is 0 Å². The zero-order chi connectivity index (χ0) is 28.6. The highest BCUT2D eigenvalue weighted by Crippen LogP contribution is 2.05. The summed E-state index contributed by atoms with van der Waals surface area (Å²) in [6, 6.07) is 10.1. The quantitative estimate of drug-likeness (QED) is 0.181. The van der Waals surface area contributed by atoms with E-state index in [1.165, 1.54) is 19.1 Å². The highest BCUT2D eigenvalue weighted by Gasteiger charge is 2.08. The van der Waals surface area contributed by atoms with Gasteiger partial charge in [-0.3, -0.25) is 0 Å². The molecule has 0 radical (unpaired) electrons. The molecule has 0 saturated carbocycles. The second-order valence-electron chi connectivity index (χ2n) is 7.60. The molecule has 1 N–H and O–H groups in total. The minimum Gasteiger partial charge on any atom is -0.380 e. The van der Waals surface area contributed by atoms with Gasteiger partial charge in [-0.15, -0.1) is 20.2 Å². The molecule has 1 rings (SSSR count). The molecular weight excluding hydrogens is 472 g/mol. The molecule has 0 aliphatic rings. The zero-order valence-corrected chi connectivity index (χ0v) is 23.5. The van der Waals surface area contributed by atoms with Crippen LogP contribution in [-0.4, -0.2) is 49.0 Å². The van der Waals surface area contributed by atoms with Crippen molar-refractivity contribution in [3.63, 3.8) is 0 Å². The number of methoxy groups -OCH3 is 2. The van der Waals surface area contributed by atoms with Crippen molar-refractivity contribution in [3.05, 3.63) is 56.1 Å². The number of benzene rings is 1. The Morgan fingerprint density at radius 1 is 0.889 bits per heavy atom. The molecule has 0 heterocycles. The average molecular weight is 523 g/mol. The molecular formula is C25H50N2O9. The molecule has 214 valence electrons. The van der Waals surface area contributed by atoms with E-state index in [-0.39, 0.29) is 25.4 Å². The first kappa shape index (κ1) is 40.7. The fraction of sp³-hybridized carbons (Fsp3) is 0.760. The van der Waals surface area contributed by atoms with Crippen LogP contribution in [0.3, 0.4) is 0 Å². The number of aliphatic hydroxyl groups is 1. The smallest absolute Gasteiger partial charge is 0.294 e. The molecule has 2 unspecified atom stereocenters. The van der Waals surface area contributed by atoms with Crippen LogP contribution in [0, 0.1) is 26.1 Å². The monoisotopic (exact) mass is 522 g/mol. The molecule has 0 amide bonds. The first-order valence-corrected chi connectivity index (χ1v) is 12.3. The number of nitrogens with zero attached hydrogens (tertiary/aromatic N) is 2. The molecule has 36 heavy (non-hydrogen) atoms. The highest BCUT2D eigenvalue weighted by atomic mass is 17.0. The van der Waals surface area contributed by atoms with Crippen LogP contribution in [-0.2, 0) is 25.8 Å². The normalized spacial score (nSPS) is 10.7. The van der Waals surface area contributed by atoms with E-state index >= 15 is 0 Å². The van der Waals surface area contributed by atoms with E-state index in [1.54, 1.807) is 7.11 Å². The van der Waals surface area contributed by atoms with Crippen molar-refractivity contribution in [2.45, 2.75) is 92.8 Å². The van der Waals surface area contributed by atoms with Crippen molar-refractivity contribution < 1.29 is 34.4 Å². The summed E-state index contributed by atoms with van der Waals surface area (Å²) in [5.74, 6) is 0.287. The maximum Gasteiger partial charge on any atom is 0.294 e. The van der Waals surface area contributed by atoms with Crippen LogP contribution in [0.25, 0.3) is 0 Å². The minimum absolute atomic E-state index is 0.181. The lowest BCUT2D eigenvalue weighted by atomic mass is 10.1. The van der Waals surface area contributed by atoms with Gasteiger partial charge < -0.3 is 24.3 Å². The summed E-state index contributed by atoms with van der Waals surface area (Å²) in [4.78, 5) is 28.1. The SMILES string of the molecule is CCC.CCCC(C)CO[N+](=O)[O-].CCCC(CC)O[N+](=O)[O-].COCO.COCc1ccccc1. The molecule has 0 saturated heterocycles. The average Bonchev–Trinajstić information content (AvgIpc) is 2.85. The molecule has 0 aliphatic heterocycles. The van der Waals surface area contributed by atoms with E-state index in [4.69, 9.17) is 9.84 Å².